The summed E-state index contributed by atoms with van der Waals surface area (Å²) in [5, 5.41) is 14.5. The van der Waals surface area contributed by atoms with E-state index in [2.05, 4.69) is 15.3 Å². The molecule has 1 fully saturated rings. The molecule has 0 saturated carbocycles. The molecule has 1 aliphatic heterocycles. The summed E-state index contributed by atoms with van der Waals surface area (Å²) in [6.45, 7) is 3.65. The molecule has 1 unspecified atom stereocenters. The van der Waals surface area contributed by atoms with Gasteiger partial charge in [-0.05, 0) is 26.2 Å². The van der Waals surface area contributed by atoms with E-state index in [1.54, 1.807) is 5.38 Å². The SMILES string of the molecule is CC(=O)Nc1nc(C)c(-c2csc(C(=O)N3CCCCC3C(=O)O)n2)s1. The molecule has 2 N–H and O–H groups in total. The average molecular weight is 394 g/mol. The van der Waals surface area contributed by atoms with Crippen LogP contribution in [0.15, 0.2) is 5.38 Å². The summed E-state index contributed by atoms with van der Waals surface area (Å²) < 4.78 is 0. The number of carbonyl (C=O) groups excluding carboxylic acids is 2. The molecule has 1 atom stereocenters. The highest BCUT2D eigenvalue weighted by atomic mass is 32.1. The third kappa shape index (κ3) is 3.75. The maximum Gasteiger partial charge on any atom is 0.326 e. The van der Waals surface area contributed by atoms with Gasteiger partial charge in [0.15, 0.2) is 10.1 Å². The van der Waals surface area contributed by atoms with Crippen LogP contribution >= 0.6 is 22.7 Å². The number of hydrogen-bond acceptors (Lipinski definition) is 7. The topological polar surface area (TPSA) is 112 Å². The highest BCUT2D eigenvalue weighted by Gasteiger charge is 2.33. The number of hydrogen-bond donors (Lipinski definition) is 2. The summed E-state index contributed by atoms with van der Waals surface area (Å²) >= 11 is 2.48. The quantitative estimate of drug-likeness (QED) is 0.824. The first-order chi connectivity index (χ1) is 12.4. The lowest BCUT2D eigenvalue weighted by molar-refractivity contribution is -0.143. The van der Waals surface area contributed by atoms with Crippen LogP contribution in [0.3, 0.4) is 0 Å². The van der Waals surface area contributed by atoms with Gasteiger partial charge in [-0.1, -0.05) is 11.3 Å². The highest BCUT2D eigenvalue weighted by molar-refractivity contribution is 7.19. The molecular formula is C16H18N4O4S2. The minimum atomic E-state index is -0.979. The normalized spacial score (nSPS) is 17.2. The van der Waals surface area contributed by atoms with Crippen molar-refractivity contribution in [1.82, 2.24) is 14.9 Å². The molecule has 2 amide bonds. The first-order valence-electron chi connectivity index (χ1n) is 8.11. The molecular weight excluding hydrogens is 376 g/mol. The Morgan fingerprint density at radius 2 is 2.08 bits per heavy atom. The van der Waals surface area contributed by atoms with Crippen LogP contribution in [0.1, 0.15) is 41.7 Å². The number of piperidine rings is 1. The van der Waals surface area contributed by atoms with E-state index < -0.39 is 12.0 Å². The van der Waals surface area contributed by atoms with Gasteiger partial charge in [-0.15, -0.1) is 11.3 Å². The number of nitrogens with one attached hydrogen (secondary N) is 1. The Morgan fingerprint density at radius 3 is 2.77 bits per heavy atom. The fourth-order valence-corrected chi connectivity index (χ4v) is 4.68. The number of likely N-dealkylation sites (tertiary alicyclic amines) is 1. The third-order valence-electron chi connectivity index (χ3n) is 4.05. The van der Waals surface area contributed by atoms with Crippen molar-refractivity contribution in [1.29, 1.82) is 0 Å². The Bertz CT molecular complexity index is 860. The zero-order chi connectivity index (χ0) is 18.8. The van der Waals surface area contributed by atoms with E-state index in [1.807, 2.05) is 6.92 Å². The van der Waals surface area contributed by atoms with E-state index >= 15 is 0 Å². The van der Waals surface area contributed by atoms with Gasteiger partial charge in [-0.2, -0.15) is 0 Å². The molecule has 0 radical (unpaired) electrons. The summed E-state index contributed by atoms with van der Waals surface area (Å²) in [5.41, 5.74) is 1.32. The van der Waals surface area contributed by atoms with Crippen molar-refractivity contribution in [3.05, 3.63) is 16.1 Å². The van der Waals surface area contributed by atoms with Gasteiger partial charge >= 0.3 is 5.97 Å². The number of rotatable bonds is 4. The first kappa shape index (κ1) is 18.5. The van der Waals surface area contributed by atoms with Crippen LogP contribution in [-0.2, 0) is 9.59 Å². The Labute approximate surface area is 157 Å². The molecule has 26 heavy (non-hydrogen) atoms. The van der Waals surface area contributed by atoms with Crippen LogP contribution in [0.4, 0.5) is 5.13 Å². The van der Waals surface area contributed by atoms with Crippen LogP contribution < -0.4 is 5.32 Å². The van der Waals surface area contributed by atoms with Gasteiger partial charge in [0.25, 0.3) is 5.91 Å². The van der Waals surface area contributed by atoms with Gasteiger partial charge in [0, 0.05) is 18.8 Å². The van der Waals surface area contributed by atoms with Crippen LogP contribution in [0.2, 0.25) is 0 Å². The number of carbonyl (C=O) groups is 3. The predicted molar refractivity (Wildman–Crippen MR) is 98.6 cm³/mol. The monoisotopic (exact) mass is 394 g/mol. The molecule has 1 aliphatic rings. The minimum Gasteiger partial charge on any atom is -0.480 e. The van der Waals surface area contributed by atoms with E-state index in [1.165, 1.54) is 34.5 Å². The van der Waals surface area contributed by atoms with Crippen molar-refractivity contribution in [3.63, 3.8) is 0 Å². The van der Waals surface area contributed by atoms with E-state index in [0.29, 0.717) is 29.5 Å². The Balaban J connectivity index is 1.83. The van der Waals surface area contributed by atoms with E-state index in [9.17, 15) is 19.5 Å². The Hall–Kier alpha value is -2.33. The molecule has 8 nitrogen and oxygen atoms in total. The smallest absolute Gasteiger partial charge is 0.326 e. The molecule has 1 saturated heterocycles. The number of nitrogens with zero attached hydrogens (tertiary/aromatic N) is 3. The number of carboxylic acids is 1. The zero-order valence-electron chi connectivity index (χ0n) is 14.3. The third-order valence-corrected chi connectivity index (χ3v) is 5.97. The second kappa shape index (κ2) is 7.50. The number of aliphatic carboxylic acids is 1. The zero-order valence-corrected chi connectivity index (χ0v) is 15.9. The molecule has 3 heterocycles. The van der Waals surface area contributed by atoms with Crippen molar-refractivity contribution in [2.45, 2.75) is 39.2 Å². The van der Waals surface area contributed by atoms with E-state index in [0.717, 1.165) is 17.7 Å². The Kier molecular flexibility index (Phi) is 5.33. The standard InChI is InChI=1S/C16H18N4O4S2/c1-8-12(26-16(17-8)18-9(2)21)10-7-25-13(19-10)14(22)20-6-4-3-5-11(20)15(23)24/h7,11H,3-6H2,1-2H3,(H,23,24)(H,17,18,21). The largest absolute Gasteiger partial charge is 0.480 e. The van der Waals surface area contributed by atoms with Crippen molar-refractivity contribution < 1.29 is 19.5 Å². The molecule has 0 aliphatic carbocycles. The van der Waals surface area contributed by atoms with Gasteiger partial charge in [-0.3, -0.25) is 9.59 Å². The Morgan fingerprint density at radius 1 is 1.31 bits per heavy atom. The maximum absolute atomic E-state index is 12.7. The van der Waals surface area contributed by atoms with Crippen LogP contribution in [0, 0.1) is 6.92 Å². The summed E-state index contributed by atoms with van der Waals surface area (Å²) in [7, 11) is 0. The second-order valence-electron chi connectivity index (χ2n) is 6.00. The summed E-state index contributed by atoms with van der Waals surface area (Å²) in [6.07, 6.45) is 2.06. The van der Waals surface area contributed by atoms with Gasteiger partial charge in [0.1, 0.15) is 6.04 Å². The van der Waals surface area contributed by atoms with Crippen molar-refractivity contribution >= 4 is 45.6 Å². The second-order valence-corrected chi connectivity index (χ2v) is 7.86. The van der Waals surface area contributed by atoms with Gasteiger partial charge in [0.2, 0.25) is 5.91 Å². The predicted octanol–water partition coefficient (Wildman–Crippen LogP) is 2.61. The van der Waals surface area contributed by atoms with Crippen molar-refractivity contribution in [3.8, 4) is 10.6 Å². The van der Waals surface area contributed by atoms with Gasteiger partial charge in [-0.25, -0.2) is 14.8 Å². The first-order valence-corrected chi connectivity index (χ1v) is 9.81. The minimum absolute atomic E-state index is 0.204. The molecule has 2 aromatic heterocycles. The molecule has 10 heteroatoms. The maximum atomic E-state index is 12.7. The molecule has 0 spiro atoms. The average Bonchev–Trinajstić information content (AvgIpc) is 3.20. The van der Waals surface area contributed by atoms with Gasteiger partial charge < -0.3 is 15.3 Å². The van der Waals surface area contributed by atoms with Crippen LogP contribution in [-0.4, -0.2) is 50.3 Å². The molecule has 138 valence electrons. The number of aryl methyl sites for hydroxylation is 1. The summed E-state index contributed by atoms with van der Waals surface area (Å²) in [5.74, 6) is -1.53. The number of amides is 2. The fraction of sp³-hybridized carbons (Fsp3) is 0.438. The lowest BCUT2D eigenvalue weighted by Crippen LogP contribution is -2.47. The number of thiazole rings is 2. The summed E-state index contributed by atoms with van der Waals surface area (Å²) in [4.78, 5) is 46.2. The van der Waals surface area contributed by atoms with Gasteiger partial charge in [0.05, 0.1) is 16.3 Å². The lowest BCUT2D eigenvalue weighted by Gasteiger charge is -2.32. The molecule has 0 bridgehead atoms. The van der Waals surface area contributed by atoms with Crippen LogP contribution in [0.5, 0.6) is 0 Å². The number of aromatic nitrogens is 2. The highest BCUT2D eigenvalue weighted by Crippen LogP contribution is 2.34. The van der Waals surface area contributed by atoms with Crippen molar-refractivity contribution in [2.75, 3.05) is 11.9 Å². The van der Waals surface area contributed by atoms with E-state index in [-0.39, 0.29) is 16.8 Å². The molecule has 2 aromatic rings. The number of anilines is 1. The van der Waals surface area contributed by atoms with Crippen molar-refractivity contribution in [2.24, 2.45) is 0 Å². The molecule has 0 aromatic carbocycles. The fourth-order valence-electron chi connectivity index (χ4n) is 2.87. The molecule has 3 rings (SSSR count). The summed E-state index contributed by atoms with van der Waals surface area (Å²) in [6, 6.07) is -0.792. The lowest BCUT2D eigenvalue weighted by atomic mass is 10.0. The number of carboxylic acid groups (broad SMARTS) is 1. The van der Waals surface area contributed by atoms with E-state index in [4.69, 9.17) is 0 Å². The van der Waals surface area contributed by atoms with Crippen LogP contribution in [0.25, 0.3) is 10.6 Å².